The monoisotopic (exact) mass is 686 g/mol. The molecule has 0 radical (unpaired) electrons. The minimum Gasteiger partial charge on any atom is -0.388 e. The molecule has 1 fully saturated rings. The molecule has 5 aromatic rings. The summed E-state index contributed by atoms with van der Waals surface area (Å²) in [5.41, 5.74) is 28.8. The van der Waals surface area contributed by atoms with E-state index in [1.807, 2.05) is 45.2 Å². The van der Waals surface area contributed by atoms with Gasteiger partial charge in [-0.15, -0.1) is 0 Å². The van der Waals surface area contributed by atoms with Crippen LogP contribution >= 0.6 is 0 Å². The van der Waals surface area contributed by atoms with E-state index in [9.17, 15) is 0 Å². The van der Waals surface area contributed by atoms with Gasteiger partial charge in [0.15, 0.2) is 0 Å². The number of allylic oxidation sites excluding steroid dienone is 5. The first-order valence-corrected chi connectivity index (χ1v) is 18.6. The quantitative estimate of drug-likeness (QED) is 0.0995. The third kappa shape index (κ3) is 10.2. The molecule has 0 aromatic heterocycles. The van der Waals surface area contributed by atoms with Gasteiger partial charge in [0.2, 0.25) is 0 Å². The molecule has 0 unspecified atom stereocenters. The van der Waals surface area contributed by atoms with Gasteiger partial charge in [0, 0.05) is 19.3 Å². The highest BCUT2D eigenvalue weighted by atomic mass is 15.6. The van der Waals surface area contributed by atoms with Gasteiger partial charge in [-0.25, -0.2) is 10.9 Å². The van der Waals surface area contributed by atoms with Crippen molar-refractivity contribution in [2.75, 3.05) is 7.05 Å². The average Bonchev–Trinajstić information content (AvgIpc) is 4.01. The Balaban J connectivity index is 0.000000235. The van der Waals surface area contributed by atoms with Gasteiger partial charge in [-0.1, -0.05) is 153 Å². The van der Waals surface area contributed by atoms with Crippen LogP contribution in [0.25, 0.3) is 33.5 Å². The zero-order valence-corrected chi connectivity index (χ0v) is 31.4. The minimum absolute atomic E-state index is 0.460. The number of aryl methyl sites for hydroxylation is 1. The third-order valence-corrected chi connectivity index (χ3v) is 9.31. The van der Waals surface area contributed by atoms with E-state index in [4.69, 9.17) is 5.73 Å². The summed E-state index contributed by atoms with van der Waals surface area (Å²) < 4.78 is 0. The predicted octanol–water partition coefficient (Wildman–Crippen LogP) is 10.8. The number of fused-ring (bicyclic) bond motifs is 3. The van der Waals surface area contributed by atoms with E-state index in [1.54, 1.807) is 0 Å². The molecule has 0 spiro atoms. The fraction of sp³-hybridized carbons (Fsp3) is 0.208. The number of benzene rings is 5. The fourth-order valence-corrected chi connectivity index (χ4v) is 6.41. The van der Waals surface area contributed by atoms with Gasteiger partial charge in [-0.05, 0) is 113 Å². The molecule has 52 heavy (non-hydrogen) atoms. The van der Waals surface area contributed by atoms with E-state index in [-0.39, 0.29) is 0 Å². The Kier molecular flexibility index (Phi) is 14.2. The molecule has 4 heteroatoms. The van der Waals surface area contributed by atoms with Crippen molar-refractivity contribution in [3.8, 4) is 22.3 Å². The molecule has 8 rings (SSSR count). The molecule has 1 heterocycles. The Labute approximate surface area is 311 Å². The van der Waals surface area contributed by atoms with Gasteiger partial charge in [0.25, 0.3) is 0 Å². The summed E-state index contributed by atoms with van der Waals surface area (Å²) in [5.74, 6) is 0. The summed E-state index contributed by atoms with van der Waals surface area (Å²) in [6, 6.07) is 42.8. The summed E-state index contributed by atoms with van der Waals surface area (Å²) in [6.45, 7) is 8.79. The lowest BCUT2D eigenvalue weighted by atomic mass is 9.92. The van der Waals surface area contributed by atoms with Gasteiger partial charge in [-0.3, -0.25) is 0 Å². The number of nitrogens with two attached hydrogens (primary N) is 1. The Hall–Kier alpha value is -5.26. The summed E-state index contributed by atoms with van der Waals surface area (Å²) in [7, 11) is 1.96. The van der Waals surface area contributed by atoms with E-state index in [0.29, 0.717) is 12.7 Å². The smallest absolute Gasteiger partial charge is 0.108 e. The zero-order valence-electron chi connectivity index (χ0n) is 31.4. The fourth-order valence-electron chi connectivity index (χ4n) is 6.41. The maximum Gasteiger partial charge on any atom is 0.108 e. The first kappa shape index (κ1) is 38.0. The van der Waals surface area contributed by atoms with E-state index in [2.05, 4.69) is 157 Å². The van der Waals surface area contributed by atoms with Crippen molar-refractivity contribution in [1.29, 1.82) is 0 Å². The van der Waals surface area contributed by atoms with E-state index >= 15 is 0 Å². The van der Waals surface area contributed by atoms with Crippen molar-refractivity contribution in [2.24, 2.45) is 5.73 Å². The minimum atomic E-state index is 0.460. The van der Waals surface area contributed by atoms with Gasteiger partial charge in [0.1, 0.15) is 6.17 Å². The van der Waals surface area contributed by atoms with Crippen molar-refractivity contribution in [3.63, 3.8) is 0 Å². The molecule has 0 atom stereocenters. The van der Waals surface area contributed by atoms with Crippen molar-refractivity contribution in [2.45, 2.75) is 59.7 Å². The molecule has 4 nitrogen and oxygen atoms in total. The van der Waals surface area contributed by atoms with Crippen LogP contribution < -0.4 is 21.9 Å². The number of hydrogen-bond donors (Lipinski definition) is 4. The van der Waals surface area contributed by atoms with Crippen molar-refractivity contribution in [1.82, 2.24) is 16.2 Å². The molecule has 5 N–H and O–H groups in total. The van der Waals surface area contributed by atoms with Crippen LogP contribution in [0.15, 0.2) is 157 Å². The summed E-state index contributed by atoms with van der Waals surface area (Å²) in [4.78, 5) is 0. The molecule has 0 amide bonds. The molecular formula is C48H54N4. The molecule has 2 aliphatic carbocycles. The first-order chi connectivity index (χ1) is 25.5. The molecular weight excluding hydrogens is 633 g/mol. The van der Waals surface area contributed by atoms with Crippen LogP contribution in [0.3, 0.4) is 0 Å². The largest absolute Gasteiger partial charge is 0.388 e. The SMILES string of the molecule is C1=CC(C2NN2)=CCC1.CC.CN/C(=C\C=C(/C)c1ccc(-c2cc(CN)cc3c2Cc2ccccc2-3)cc1)c1ccccc1.Cc1ccccc1. The van der Waals surface area contributed by atoms with Gasteiger partial charge < -0.3 is 11.1 Å². The summed E-state index contributed by atoms with van der Waals surface area (Å²) in [5, 5.41) is 3.30. The Morgan fingerprint density at radius 1 is 0.750 bits per heavy atom. The lowest BCUT2D eigenvalue weighted by molar-refractivity contribution is 0.981. The van der Waals surface area contributed by atoms with Crippen LogP contribution in [-0.2, 0) is 13.0 Å². The van der Waals surface area contributed by atoms with Gasteiger partial charge >= 0.3 is 0 Å². The maximum absolute atomic E-state index is 6.07. The zero-order chi connectivity index (χ0) is 36.7. The molecule has 0 bridgehead atoms. The molecule has 0 saturated carbocycles. The third-order valence-electron chi connectivity index (χ3n) is 9.31. The standard InChI is InChI=1S/C32H30N2.C7H10N2.C7H8.C2H6/c1-22(12-17-32(34-2)26-8-4-3-5-9-26)24-13-15-25(16-14-24)29-18-23(21-33)19-30-28-11-7-6-10-27(28)20-31(29)30;1-2-4-6(5-3-1)7-8-9-7;1-7-5-3-2-4-6-7;1-2/h3-19,34H,20-21,33H2,1-2H3;2,4-5,7-9H,1,3H2;2-6H,1H3;1-2H3/b22-12+,32-17-;;;. The number of hydrazine groups is 1. The highest BCUT2D eigenvalue weighted by Crippen LogP contribution is 2.42. The van der Waals surface area contributed by atoms with E-state index in [1.165, 1.54) is 79.6 Å². The van der Waals surface area contributed by atoms with Crippen LogP contribution in [0.4, 0.5) is 0 Å². The second-order valence-electron chi connectivity index (χ2n) is 12.9. The highest BCUT2D eigenvalue weighted by Gasteiger charge is 2.23. The van der Waals surface area contributed by atoms with E-state index in [0.717, 1.165) is 12.1 Å². The van der Waals surface area contributed by atoms with Gasteiger partial charge in [-0.2, -0.15) is 0 Å². The van der Waals surface area contributed by atoms with Crippen LogP contribution in [0, 0.1) is 6.92 Å². The van der Waals surface area contributed by atoms with Crippen molar-refractivity contribution < 1.29 is 0 Å². The maximum atomic E-state index is 6.07. The Morgan fingerprint density at radius 3 is 2.00 bits per heavy atom. The molecule has 1 saturated heterocycles. The van der Waals surface area contributed by atoms with Crippen molar-refractivity contribution in [3.05, 3.63) is 191 Å². The number of hydrogen-bond acceptors (Lipinski definition) is 4. The van der Waals surface area contributed by atoms with Crippen molar-refractivity contribution >= 4 is 11.3 Å². The second-order valence-corrected chi connectivity index (χ2v) is 12.9. The van der Waals surface area contributed by atoms with Crippen LogP contribution in [0.2, 0.25) is 0 Å². The van der Waals surface area contributed by atoms with Gasteiger partial charge in [0.05, 0.1) is 0 Å². The molecule has 3 aliphatic rings. The number of rotatable bonds is 7. The van der Waals surface area contributed by atoms with E-state index < -0.39 is 0 Å². The topological polar surface area (TPSA) is 81.9 Å². The van der Waals surface area contributed by atoms with Crippen LogP contribution in [-0.4, -0.2) is 13.2 Å². The van der Waals surface area contributed by atoms with Crippen LogP contribution in [0.5, 0.6) is 0 Å². The molecule has 1 aliphatic heterocycles. The number of nitrogens with one attached hydrogen (secondary N) is 3. The first-order valence-electron chi connectivity index (χ1n) is 18.6. The van der Waals surface area contributed by atoms with Crippen LogP contribution in [0.1, 0.15) is 67.0 Å². The predicted molar refractivity (Wildman–Crippen MR) is 224 cm³/mol. The summed E-state index contributed by atoms with van der Waals surface area (Å²) >= 11 is 0. The lowest BCUT2D eigenvalue weighted by Gasteiger charge is -2.13. The lowest BCUT2D eigenvalue weighted by Crippen LogP contribution is -2.03. The Bertz CT molecular complexity index is 2000. The normalized spacial score (nSPS) is 14.2. The highest BCUT2D eigenvalue weighted by molar-refractivity contribution is 5.86. The Morgan fingerprint density at radius 2 is 1.40 bits per heavy atom. The molecule has 266 valence electrons. The second kappa shape index (κ2) is 19.4. The average molecular weight is 687 g/mol. The summed E-state index contributed by atoms with van der Waals surface area (Å²) in [6.07, 6.45) is 14.8. The molecule has 5 aromatic carbocycles.